The Hall–Kier alpha value is -2.83. The van der Waals surface area contributed by atoms with Crippen molar-refractivity contribution in [2.75, 3.05) is 13.7 Å². The summed E-state index contributed by atoms with van der Waals surface area (Å²) in [6, 6.07) is 7.94. The van der Waals surface area contributed by atoms with Crippen LogP contribution in [-0.4, -0.2) is 40.1 Å². The minimum atomic E-state index is -0.170. The summed E-state index contributed by atoms with van der Waals surface area (Å²) >= 11 is 0. The second-order valence-corrected chi connectivity index (χ2v) is 5.33. The molecule has 2 aromatic rings. The van der Waals surface area contributed by atoms with Gasteiger partial charge in [0.2, 0.25) is 0 Å². The third kappa shape index (κ3) is 4.57. The van der Waals surface area contributed by atoms with Gasteiger partial charge in [-0.25, -0.2) is 0 Å². The van der Waals surface area contributed by atoms with Crippen molar-refractivity contribution in [3.63, 3.8) is 0 Å². The quantitative estimate of drug-likeness (QED) is 0.490. The van der Waals surface area contributed by atoms with Gasteiger partial charge >= 0.3 is 0 Å². The molecule has 23 heavy (non-hydrogen) atoms. The highest BCUT2D eigenvalue weighted by atomic mass is 16.6. The first kappa shape index (κ1) is 16.5. The molecule has 0 unspecified atom stereocenters. The number of oxime groups is 1. The van der Waals surface area contributed by atoms with Crippen LogP contribution in [0.3, 0.4) is 0 Å². The lowest BCUT2D eigenvalue weighted by molar-refractivity contribution is -0.135. The van der Waals surface area contributed by atoms with Crippen molar-refractivity contribution in [1.82, 2.24) is 14.7 Å². The Morgan fingerprint density at radius 1 is 1.43 bits per heavy atom. The molecule has 0 aliphatic carbocycles. The first-order valence-corrected chi connectivity index (χ1v) is 7.20. The molecule has 1 aromatic heterocycles. The topological polar surface area (TPSA) is 85.7 Å². The summed E-state index contributed by atoms with van der Waals surface area (Å²) in [5.74, 6) is 0.0171. The number of aromatic nitrogens is 2. The molecule has 0 fully saturated rings. The third-order valence-electron chi connectivity index (χ3n) is 3.45. The second kappa shape index (κ2) is 7.44. The van der Waals surface area contributed by atoms with Crippen molar-refractivity contribution >= 4 is 11.7 Å². The van der Waals surface area contributed by atoms with E-state index in [4.69, 9.17) is 10.6 Å². The van der Waals surface area contributed by atoms with Gasteiger partial charge in [-0.1, -0.05) is 29.4 Å². The molecule has 1 aromatic carbocycles. The molecule has 0 spiro atoms. The summed E-state index contributed by atoms with van der Waals surface area (Å²) < 4.78 is 1.61. The Balaban J connectivity index is 1.85. The van der Waals surface area contributed by atoms with E-state index >= 15 is 0 Å². The lowest BCUT2D eigenvalue weighted by Gasteiger charge is -2.17. The maximum Gasteiger partial charge on any atom is 0.263 e. The fraction of sp³-hybridized carbons (Fsp3) is 0.312. The SMILES string of the molecule is Cc1ccccc1CN(C)C(=O)CO/N=C(/N)c1cnn(C)c1. The highest BCUT2D eigenvalue weighted by Gasteiger charge is 2.11. The molecule has 122 valence electrons. The highest BCUT2D eigenvalue weighted by Crippen LogP contribution is 2.09. The zero-order valence-corrected chi connectivity index (χ0v) is 13.6. The maximum atomic E-state index is 12.1. The number of rotatable bonds is 6. The lowest BCUT2D eigenvalue weighted by Crippen LogP contribution is -2.30. The molecule has 1 amide bonds. The van der Waals surface area contributed by atoms with Gasteiger partial charge in [-0.15, -0.1) is 0 Å². The minimum Gasteiger partial charge on any atom is -0.384 e. The van der Waals surface area contributed by atoms with Gasteiger partial charge in [0.05, 0.1) is 11.8 Å². The first-order chi connectivity index (χ1) is 11.0. The van der Waals surface area contributed by atoms with Gasteiger partial charge in [0, 0.05) is 26.8 Å². The number of carbonyl (C=O) groups is 1. The molecule has 0 radical (unpaired) electrons. The van der Waals surface area contributed by atoms with E-state index in [0.717, 1.165) is 11.1 Å². The average molecular weight is 315 g/mol. The number of amidine groups is 1. The smallest absolute Gasteiger partial charge is 0.263 e. The number of aryl methyl sites for hydroxylation is 2. The minimum absolute atomic E-state index is 0.163. The summed E-state index contributed by atoms with van der Waals surface area (Å²) in [6.07, 6.45) is 3.29. The zero-order chi connectivity index (χ0) is 16.8. The van der Waals surface area contributed by atoms with Crippen LogP contribution in [-0.2, 0) is 23.2 Å². The predicted molar refractivity (Wildman–Crippen MR) is 87.5 cm³/mol. The predicted octanol–water partition coefficient (Wildman–Crippen LogP) is 1.02. The fourth-order valence-electron chi connectivity index (χ4n) is 2.00. The van der Waals surface area contributed by atoms with E-state index in [2.05, 4.69) is 10.3 Å². The number of hydrogen-bond donors (Lipinski definition) is 1. The van der Waals surface area contributed by atoms with Crippen molar-refractivity contribution < 1.29 is 9.63 Å². The molecular formula is C16H21N5O2. The Morgan fingerprint density at radius 2 is 2.17 bits per heavy atom. The lowest BCUT2D eigenvalue weighted by atomic mass is 10.1. The number of amides is 1. The number of nitrogens with zero attached hydrogens (tertiary/aromatic N) is 4. The van der Waals surface area contributed by atoms with Gasteiger partial charge in [-0.2, -0.15) is 5.10 Å². The maximum absolute atomic E-state index is 12.1. The van der Waals surface area contributed by atoms with Crippen LogP contribution in [0.1, 0.15) is 16.7 Å². The van der Waals surface area contributed by atoms with Crippen LogP contribution in [0.25, 0.3) is 0 Å². The largest absolute Gasteiger partial charge is 0.384 e. The number of benzene rings is 1. The fourth-order valence-corrected chi connectivity index (χ4v) is 2.00. The summed E-state index contributed by atoms with van der Waals surface area (Å²) in [7, 11) is 3.51. The van der Waals surface area contributed by atoms with Crippen LogP contribution in [0, 0.1) is 6.92 Å². The first-order valence-electron chi connectivity index (χ1n) is 7.20. The third-order valence-corrected chi connectivity index (χ3v) is 3.45. The van der Waals surface area contributed by atoms with Crippen molar-refractivity contribution in [2.45, 2.75) is 13.5 Å². The van der Waals surface area contributed by atoms with Crippen LogP contribution in [0.2, 0.25) is 0 Å². The van der Waals surface area contributed by atoms with Crippen molar-refractivity contribution in [3.8, 4) is 0 Å². The van der Waals surface area contributed by atoms with E-state index < -0.39 is 0 Å². The zero-order valence-electron chi connectivity index (χ0n) is 13.6. The summed E-state index contributed by atoms with van der Waals surface area (Å²) in [5.41, 5.74) is 8.65. The molecular weight excluding hydrogens is 294 g/mol. The molecule has 0 saturated heterocycles. The van der Waals surface area contributed by atoms with E-state index in [0.29, 0.717) is 12.1 Å². The Morgan fingerprint density at radius 3 is 2.83 bits per heavy atom. The molecule has 0 saturated carbocycles. The number of hydrogen-bond acceptors (Lipinski definition) is 4. The highest BCUT2D eigenvalue weighted by molar-refractivity contribution is 5.96. The van der Waals surface area contributed by atoms with Crippen molar-refractivity contribution in [1.29, 1.82) is 0 Å². The normalized spacial score (nSPS) is 11.3. The molecule has 0 aliphatic rings. The summed E-state index contributed by atoms with van der Waals surface area (Å²) in [5, 5.41) is 7.74. The van der Waals surface area contributed by atoms with Gasteiger partial charge in [-0.05, 0) is 18.1 Å². The number of carbonyl (C=O) groups excluding carboxylic acids is 1. The second-order valence-electron chi connectivity index (χ2n) is 5.33. The molecule has 0 bridgehead atoms. The van der Waals surface area contributed by atoms with E-state index in [1.54, 1.807) is 36.1 Å². The van der Waals surface area contributed by atoms with Crippen LogP contribution in [0.5, 0.6) is 0 Å². The van der Waals surface area contributed by atoms with Crippen molar-refractivity contribution in [3.05, 3.63) is 53.3 Å². The summed E-state index contributed by atoms with van der Waals surface area (Å²) in [6.45, 7) is 2.38. The van der Waals surface area contributed by atoms with Gasteiger partial charge in [0.25, 0.3) is 5.91 Å². The van der Waals surface area contributed by atoms with E-state index in [9.17, 15) is 4.79 Å². The average Bonchev–Trinajstić information content (AvgIpc) is 2.96. The molecule has 7 heteroatoms. The van der Waals surface area contributed by atoms with Crippen LogP contribution in [0.15, 0.2) is 41.8 Å². The van der Waals surface area contributed by atoms with Crippen LogP contribution < -0.4 is 5.73 Å². The molecule has 2 rings (SSSR count). The Kier molecular flexibility index (Phi) is 5.35. The van der Waals surface area contributed by atoms with Gasteiger partial charge in [0.1, 0.15) is 0 Å². The van der Waals surface area contributed by atoms with Gasteiger partial charge < -0.3 is 15.5 Å². The molecule has 0 atom stereocenters. The Bertz CT molecular complexity index is 708. The van der Waals surface area contributed by atoms with Crippen LogP contribution in [0.4, 0.5) is 0 Å². The monoisotopic (exact) mass is 315 g/mol. The molecule has 2 N–H and O–H groups in total. The molecule has 7 nitrogen and oxygen atoms in total. The summed E-state index contributed by atoms with van der Waals surface area (Å²) in [4.78, 5) is 18.7. The number of nitrogens with two attached hydrogens (primary N) is 1. The van der Waals surface area contributed by atoms with Gasteiger partial charge in [-0.3, -0.25) is 9.48 Å². The van der Waals surface area contributed by atoms with E-state index in [1.807, 2.05) is 31.2 Å². The molecule has 0 aliphatic heterocycles. The van der Waals surface area contributed by atoms with E-state index in [-0.39, 0.29) is 18.3 Å². The van der Waals surface area contributed by atoms with E-state index in [1.165, 1.54) is 0 Å². The molecule has 1 heterocycles. The Labute approximate surface area is 135 Å². The van der Waals surface area contributed by atoms with Crippen LogP contribution >= 0.6 is 0 Å². The number of likely N-dealkylation sites (N-methyl/N-ethyl adjacent to an activating group) is 1. The van der Waals surface area contributed by atoms with Crippen molar-refractivity contribution in [2.24, 2.45) is 17.9 Å². The standard InChI is InChI=1S/C16H21N5O2/c1-12-6-4-5-7-13(12)9-20(2)15(22)11-23-19-16(17)14-8-18-21(3)10-14/h4-8,10H,9,11H2,1-3H3,(H2,17,19). The van der Waals surface area contributed by atoms with Gasteiger partial charge in [0.15, 0.2) is 12.4 Å².